The fourth-order valence-corrected chi connectivity index (χ4v) is 5.12. The number of aliphatic hydroxyl groups excluding tert-OH is 1. The van der Waals surface area contributed by atoms with E-state index in [-0.39, 0.29) is 34.6 Å². The van der Waals surface area contributed by atoms with Crippen LogP contribution in [0.4, 0.5) is 10.3 Å². The minimum absolute atomic E-state index is 0.0642. The van der Waals surface area contributed by atoms with E-state index in [4.69, 9.17) is 16.3 Å². The third kappa shape index (κ3) is 3.77. The van der Waals surface area contributed by atoms with Crippen LogP contribution in [0.2, 0.25) is 5.02 Å². The average Bonchev–Trinajstić information content (AvgIpc) is 3.43. The summed E-state index contributed by atoms with van der Waals surface area (Å²) in [6.07, 6.45) is 1.45. The van der Waals surface area contributed by atoms with Crippen molar-refractivity contribution in [2.24, 2.45) is 5.92 Å². The summed E-state index contributed by atoms with van der Waals surface area (Å²) in [5.41, 5.74) is 0.312. The van der Waals surface area contributed by atoms with E-state index >= 15 is 4.39 Å². The Morgan fingerprint density at radius 3 is 2.70 bits per heavy atom. The van der Waals surface area contributed by atoms with Gasteiger partial charge in [0.2, 0.25) is 5.95 Å². The second kappa shape index (κ2) is 7.87. The fraction of sp³-hybridized carbons (Fsp3) is 0.522. The first kappa shape index (κ1) is 22.5. The Balaban J connectivity index is 1.58. The lowest BCUT2D eigenvalue weighted by Crippen LogP contribution is -2.43. The van der Waals surface area contributed by atoms with Crippen molar-refractivity contribution in [3.8, 4) is 11.3 Å². The molecule has 33 heavy (non-hydrogen) atoms. The maximum atomic E-state index is 15.2. The maximum Gasteiger partial charge on any atom is 0.223 e. The van der Waals surface area contributed by atoms with Crippen molar-refractivity contribution in [1.82, 2.24) is 19.5 Å². The average molecular weight is 476 g/mol. The summed E-state index contributed by atoms with van der Waals surface area (Å²) < 4.78 is 22.5. The van der Waals surface area contributed by atoms with Crippen LogP contribution >= 0.6 is 11.6 Å². The number of hydrogen-bond acceptors (Lipinski definition) is 7. The normalized spacial score (nSPS) is 24.9. The highest BCUT2D eigenvalue weighted by atomic mass is 35.5. The predicted octanol–water partition coefficient (Wildman–Crippen LogP) is 3.65. The Kier molecular flexibility index (Phi) is 5.36. The number of aliphatic hydroxyl groups is 2. The summed E-state index contributed by atoms with van der Waals surface area (Å²) in [5.74, 6) is 0.340. The smallest absolute Gasteiger partial charge is 0.223 e. The van der Waals surface area contributed by atoms with Gasteiger partial charge in [0.1, 0.15) is 23.0 Å². The summed E-state index contributed by atoms with van der Waals surface area (Å²) in [5, 5.41) is 24.5. The number of imidazole rings is 1. The number of ether oxygens (including phenoxy) is 1. The highest BCUT2D eigenvalue weighted by molar-refractivity contribution is 6.33. The number of fused-ring (bicyclic) bond motifs is 3. The van der Waals surface area contributed by atoms with Crippen LogP contribution in [0.1, 0.15) is 46.0 Å². The highest BCUT2D eigenvalue weighted by Crippen LogP contribution is 2.38. The summed E-state index contributed by atoms with van der Waals surface area (Å²) in [4.78, 5) is 13.2. The minimum Gasteiger partial charge on any atom is -0.388 e. The second-order valence-electron chi connectivity index (χ2n) is 9.70. The van der Waals surface area contributed by atoms with E-state index < -0.39 is 17.5 Å². The highest BCUT2D eigenvalue weighted by Gasteiger charge is 2.48. The van der Waals surface area contributed by atoms with Crippen molar-refractivity contribution in [1.29, 1.82) is 0 Å². The van der Waals surface area contributed by atoms with Gasteiger partial charge in [0.15, 0.2) is 5.82 Å². The van der Waals surface area contributed by atoms with Crippen LogP contribution in [0.25, 0.3) is 22.3 Å². The molecule has 10 heteroatoms. The van der Waals surface area contributed by atoms with Gasteiger partial charge in [0.05, 0.1) is 41.2 Å². The Morgan fingerprint density at radius 2 is 2.06 bits per heavy atom. The van der Waals surface area contributed by atoms with Crippen molar-refractivity contribution < 1.29 is 19.3 Å². The molecule has 2 aromatic heterocycles. The largest absolute Gasteiger partial charge is 0.388 e. The van der Waals surface area contributed by atoms with Gasteiger partial charge >= 0.3 is 0 Å². The quantitative estimate of drug-likeness (QED) is 0.517. The van der Waals surface area contributed by atoms with Crippen LogP contribution in [-0.2, 0) is 10.3 Å². The number of halogens is 2. The Labute approximate surface area is 195 Å². The molecular weight excluding hydrogens is 449 g/mol. The Morgan fingerprint density at radius 1 is 1.30 bits per heavy atom. The summed E-state index contributed by atoms with van der Waals surface area (Å²) >= 11 is 6.42. The number of rotatable bonds is 5. The molecule has 0 spiro atoms. The molecule has 0 unspecified atom stereocenters. The molecule has 176 valence electrons. The molecule has 2 bridgehead atoms. The van der Waals surface area contributed by atoms with E-state index in [0.29, 0.717) is 35.2 Å². The van der Waals surface area contributed by atoms with Gasteiger partial charge in [-0.1, -0.05) is 11.6 Å². The molecule has 1 aliphatic heterocycles. The molecular formula is C23H27ClFN5O3. The zero-order chi connectivity index (χ0) is 23.7. The molecule has 0 amide bonds. The number of anilines is 1. The lowest BCUT2D eigenvalue weighted by Gasteiger charge is -2.28. The monoisotopic (exact) mass is 475 g/mol. The summed E-state index contributed by atoms with van der Waals surface area (Å²) in [6, 6.07) is 2.84. The number of nitrogens with one attached hydrogen (secondary N) is 1. The van der Waals surface area contributed by atoms with E-state index in [9.17, 15) is 10.2 Å². The predicted molar refractivity (Wildman–Crippen MR) is 123 cm³/mol. The molecule has 1 aliphatic carbocycles. The van der Waals surface area contributed by atoms with Gasteiger partial charge in [-0.05, 0) is 46.2 Å². The molecule has 8 nitrogen and oxygen atoms in total. The first-order valence-electron chi connectivity index (χ1n) is 11.1. The third-order valence-corrected chi connectivity index (χ3v) is 6.72. The van der Waals surface area contributed by atoms with Crippen LogP contribution in [-0.4, -0.2) is 54.6 Å². The molecule has 2 fully saturated rings. The van der Waals surface area contributed by atoms with E-state index in [2.05, 4.69) is 20.3 Å². The Hall–Kier alpha value is -2.33. The van der Waals surface area contributed by atoms with Crippen LogP contribution in [0.5, 0.6) is 0 Å². The van der Waals surface area contributed by atoms with Gasteiger partial charge in [-0.15, -0.1) is 0 Å². The van der Waals surface area contributed by atoms with E-state index in [0.717, 1.165) is 6.42 Å². The van der Waals surface area contributed by atoms with Crippen molar-refractivity contribution in [2.45, 2.75) is 64.0 Å². The number of hydrogen-bond donors (Lipinski definition) is 3. The first-order chi connectivity index (χ1) is 15.5. The van der Waals surface area contributed by atoms with Gasteiger partial charge in [-0.2, -0.15) is 0 Å². The van der Waals surface area contributed by atoms with Gasteiger partial charge < -0.3 is 24.8 Å². The molecule has 0 radical (unpaired) electrons. The number of benzene rings is 1. The number of nitrogens with zero attached hydrogens (tertiary/aromatic N) is 4. The van der Waals surface area contributed by atoms with Gasteiger partial charge in [0, 0.05) is 17.5 Å². The maximum absolute atomic E-state index is 15.2. The SMILES string of the molecule is CC(C)n1c(C(C)(C)O)nc2c(F)cc(-c3nc(N[C@@H]4[C@@H]5CO[C@@H](C5)[C@H]4O)ncc3Cl)cc21. The number of aromatic nitrogens is 4. The van der Waals surface area contributed by atoms with Crippen LogP contribution in [0.15, 0.2) is 18.3 Å². The van der Waals surface area contributed by atoms with Crippen molar-refractivity contribution in [3.63, 3.8) is 0 Å². The molecule has 4 atom stereocenters. The first-order valence-corrected chi connectivity index (χ1v) is 11.5. The van der Waals surface area contributed by atoms with E-state index in [1.807, 2.05) is 18.4 Å². The topological polar surface area (TPSA) is 105 Å². The lowest BCUT2D eigenvalue weighted by molar-refractivity contribution is -0.0301. The molecule has 3 aromatic rings. The summed E-state index contributed by atoms with van der Waals surface area (Å²) in [7, 11) is 0. The van der Waals surface area contributed by atoms with Crippen LogP contribution < -0.4 is 5.32 Å². The molecule has 3 heterocycles. The van der Waals surface area contributed by atoms with Crippen molar-refractivity contribution in [3.05, 3.63) is 35.0 Å². The zero-order valence-electron chi connectivity index (χ0n) is 18.9. The van der Waals surface area contributed by atoms with E-state index in [1.54, 1.807) is 19.9 Å². The molecule has 1 saturated carbocycles. The third-order valence-electron chi connectivity index (χ3n) is 6.44. The molecule has 1 saturated heterocycles. The second-order valence-corrected chi connectivity index (χ2v) is 10.1. The van der Waals surface area contributed by atoms with Crippen molar-refractivity contribution in [2.75, 3.05) is 11.9 Å². The zero-order valence-corrected chi connectivity index (χ0v) is 19.6. The van der Waals surface area contributed by atoms with Crippen LogP contribution in [0, 0.1) is 11.7 Å². The van der Waals surface area contributed by atoms with Crippen LogP contribution in [0.3, 0.4) is 0 Å². The molecule has 3 N–H and O–H groups in total. The van der Waals surface area contributed by atoms with Gasteiger partial charge in [-0.25, -0.2) is 19.3 Å². The van der Waals surface area contributed by atoms with Gasteiger partial charge in [-0.3, -0.25) is 0 Å². The summed E-state index contributed by atoms with van der Waals surface area (Å²) in [6.45, 7) is 7.74. The lowest BCUT2D eigenvalue weighted by atomic mass is 10.0. The van der Waals surface area contributed by atoms with E-state index in [1.165, 1.54) is 12.3 Å². The standard InChI is InChI=1S/C23H27ClFN5O3/c1-10(2)30-15-6-11(5-14(25)19(15)27-21(30)23(3,4)32)17-13(24)8-26-22(28-17)29-18-12-7-16(20(18)31)33-9-12/h5-6,8,10,12,16,18,20,31-32H,7,9H2,1-4H3,(H,26,28,29)/t12-,16-,18+,20+/m0/s1. The van der Waals surface area contributed by atoms with Crippen molar-refractivity contribution >= 4 is 28.6 Å². The molecule has 5 rings (SSSR count). The molecule has 1 aromatic carbocycles. The minimum atomic E-state index is -1.25. The molecule has 2 aliphatic rings. The Bertz CT molecular complexity index is 1220. The van der Waals surface area contributed by atoms with Gasteiger partial charge in [0.25, 0.3) is 0 Å². The fourth-order valence-electron chi connectivity index (χ4n) is 4.92.